The maximum Gasteiger partial charge on any atom is 0.287 e. The summed E-state index contributed by atoms with van der Waals surface area (Å²) in [5.41, 5.74) is 1.16. The van der Waals surface area contributed by atoms with Crippen LogP contribution in [0.3, 0.4) is 0 Å². The van der Waals surface area contributed by atoms with Crippen molar-refractivity contribution in [3.8, 4) is 5.75 Å². The lowest BCUT2D eigenvalue weighted by atomic mass is 10.1. The summed E-state index contributed by atoms with van der Waals surface area (Å²) in [7, 11) is 0. The molecule has 0 saturated carbocycles. The van der Waals surface area contributed by atoms with Crippen molar-refractivity contribution in [3.63, 3.8) is 0 Å². The summed E-state index contributed by atoms with van der Waals surface area (Å²) in [5, 5.41) is 5.53. The maximum atomic E-state index is 12.3. The Labute approximate surface area is 146 Å². The Balaban J connectivity index is 1.55. The van der Waals surface area contributed by atoms with Gasteiger partial charge in [-0.2, -0.15) is 0 Å². The SMILES string of the molecule is Cc1ccc(OCc2ccc(C(=O)N[C@H]3CCCCNC3=O)o2)cc1. The highest BCUT2D eigenvalue weighted by atomic mass is 16.5. The predicted octanol–water partition coefficient (Wildman–Crippen LogP) is 2.57. The van der Waals surface area contributed by atoms with Gasteiger partial charge in [0.15, 0.2) is 5.76 Å². The molecule has 0 radical (unpaired) electrons. The standard InChI is InChI=1S/C19H22N2O4/c1-13-5-7-14(8-6-13)24-12-15-9-10-17(25-15)19(23)21-16-4-2-3-11-20-18(16)22/h5-10,16H,2-4,11-12H2,1H3,(H,20,22)(H,21,23)/t16-/m0/s1. The number of carbonyl (C=O) groups is 2. The number of benzene rings is 1. The first-order valence-corrected chi connectivity index (χ1v) is 8.48. The number of carbonyl (C=O) groups excluding carboxylic acids is 2. The van der Waals surface area contributed by atoms with E-state index in [2.05, 4.69) is 10.6 Å². The van der Waals surface area contributed by atoms with Crippen LogP contribution in [0.15, 0.2) is 40.8 Å². The summed E-state index contributed by atoms with van der Waals surface area (Å²) >= 11 is 0. The molecule has 1 aromatic carbocycles. The minimum absolute atomic E-state index is 0.139. The van der Waals surface area contributed by atoms with E-state index in [0.29, 0.717) is 18.7 Å². The van der Waals surface area contributed by atoms with E-state index in [1.807, 2.05) is 31.2 Å². The van der Waals surface area contributed by atoms with Crippen molar-refractivity contribution in [2.45, 2.75) is 38.8 Å². The van der Waals surface area contributed by atoms with Gasteiger partial charge in [-0.25, -0.2) is 0 Å². The van der Waals surface area contributed by atoms with Crippen LogP contribution < -0.4 is 15.4 Å². The number of rotatable bonds is 5. The molecule has 2 aromatic rings. The monoisotopic (exact) mass is 342 g/mol. The highest BCUT2D eigenvalue weighted by Crippen LogP contribution is 2.16. The van der Waals surface area contributed by atoms with Gasteiger partial charge in [-0.05, 0) is 50.5 Å². The van der Waals surface area contributed by atoms with Gasteiger partial charge in [0, 0.05) is 6.54 Å². The largest absolute Gasteiger partial charge is 0.486 e. The Morgan fingerprint density at radius 1 is 1.24 bits per heavy atom. The van der Waals surface area contributed by atoms with Crippen LogP contribution in [0.4, 0.5) is 0 Å². The second kappa shape index (κ2) is 7.88. The average molecular weight is 342 g/mol. The molecule has 0 unspecified atom stereocenters. The van der Waals surface area contributed by atoms with Crippen molar-refractivity contribution >= 4 is 11.8 Å². The average Bonchev–Trinajstić information content (AvgIpc) is 3.00. The zero-order valence-electron chi connectivity index (χ0n) is 14.2. The van der Waals surface area contributed by atoms with Gasteiger partial charge in [-0.3, -0.25) is 9.59 Å². The Morgan fingerprint density at radius 2 is 2.04 bits per heavy atom. The molecule has 1 aliphatic rings. The van der Waals surface area contributed by atoms with Crippen molar-refractivity contribution in [2.24, 2.45) is 0 Å². The molecule has 0 aliphatic carbocycles. The number of ether oxygens (including phenoxy) is 1. The normalized spacial score (nSPS) is 17.5. The molecule has 1 saturated heterocycles. The summed E-state index contributed by atoms with van der Waals surface area (Å²) in [5.74, 6) is 0.947. The zero-order chi connectivity index (χ0) is 17.6. The van der Waals surface area contributed by atoms with Gasteiger partial charge >= 0.3 is 0 Å². The lowest BCUT2D eigenvalue weighted by molar-refractivity contribution is -0.122. The van der Waals surface area contributed by atoms with E-state index in [4.69, 9.17) is 9.15 Å². The summed E-state index contributed by atoms with van der Waals surface area (Å²) in [4.78, 5) is 24.2. The van der Waals surface area contributed by atoms with Crippen LogP contribution in [0.2, 0.25) is 0 Å². The molecule has 1 atom stereocenters. The Kier molecular flexibility index (Phi) is 5.38. The molecule has 25 heavy (non-hydrogen) atoms. The molecule has 0 bridgehead atoms. The lowest BCUT2D eigenvalue weighted by Gasteiger charge is -2.14. The van der Waals surface area contributed by atoms with Crippen molar-refractivity contribution in [1.82, 2.24) is 10.6 Å². The van der Waals surface area contributed by atoms with Crippen LogP contribution in [0.1, 0.15) is 41.1 Å². The Bertz CT molecular complexity index is 736. The van der Waals surface area contributed by atoms with Crippen LogP contribution in [0.25, 0.3) is 0 Å². The van der Waals surface area contributed by atoms with Gasteiger partial charge < -0.3 is 19.8 Å². The highest BCUT2D eigenvalue weighted by Gasteiger charge is 2.24. The number of nitrogens with one attached hydrogen (secondary N) is 2. The molecule has 3 rings (SSSR count). The number of hydrogen-bond donors (Lipinski definition) is 2. The van der Waals surface area contributed by atoms with Gasteiger partial charge in [0.05, 0.1) is 0 Å². The van der Waals surface area contributed by atoms with Gasteiger partial charge in [-0.1, -0.05) is 17.7 Å². The molecule has 2 heterocycles. The molecule has 0 spiro atoms. The lowest BCUT2D eigenvalue weighted by Crippen LogP contribution is -2.45. The molecular weight excluding hydrogens is 320 g/mol. The van der Waals surface area contributed by atoms with Gasteiger partial charge in [0.1, 0.15) is 24.2 Å². The van der Waals surface area contributed by atoms with Crippen molar-refractivity contribution < 1.29 is 18.7 Å². The fourth-order valence-corrected chi connectivity index (χ4v) is 2.67. The van der Waals surface area contributed by atoms with Gasteiger partial charge in [-0.15, -0.1) is 0 Å². The molecule has 1 fully saturated rings. The summed E-state index contributed by atoms with van der Waals surface area (Å²) in [6.45, 7) is 2.91. The van der Waals surface area contributed by atoms with Crippen LogP contribution in [0.5, 0.6) is 5.75 Å². The second-order valence-electron chi connectivity index (χ2n) is 6.18. The van der Waals surface area contributed by atoms with Crippen molar-refractivity contribution in [1.29, 1.82) is 0 Å². The molecule has 6 heteroatoms. The first kappa shape index (κ1) is 17.1. The van der Waals surface area contributed by atoms with E-state index in [0.717, 1.165) is 24.2 Å². The number of hydrogen-bond acceptors (Lipinski definition) is 4. The van der Waals surface area contributed by atoms with E-state index in [9.17, 15) is 9.59 Å². The minimum Gasteiger partial charge on any atom is -0.486 e. The van der Waals surface area contributed by atoms with E-state index in [1.54, 1.807) is 12.1 Å². The third-order valence-corrected chi connectivity index (χ3v) is 4.13. The molecule has 132 valence electrons. The number of amides is 2. The molecule has 6 nitrogen and oxygen atoms in total. The Morgan fingerprint density at radius 3 is 2.84 bits per heavy atom. The van der Waals surface area contributed by atoms with Crippen LogP contribution in [0, 0.1) is 6.92 Å². The van der Waals surface area contributed by atoms with Gasteiger partial charge in [0.2, 0.25) is 5.91 Å². The predicted molar refractivity (Wildman–Crippen MR) is 92.3 cm³/mol. The number of furan rings is 1. The fraction of sp³-hybridized carbons (Fsp3) is 0.368. The molecule has 2 amide bonds. The summed E-state index contributed by atoms with van der Waals surface area (Å²) in [6.07, 6.45) is 2.47. The molecular formula is C19H22N2O4. The topological polar surface area (TPSA) is 80.6 Å². The third kappa shape index (κ3) is 4.62. The van der Waals surface area contributed by atoms with E-state index in [-0.39, 0.29) is 24.2 Å². The van der Waals surface area contributed by atoms with E-state index < -0.39 is 6.04 Å². The van der Waals surface area contributed by atoms with E-state index >= 15 is 0 Å². The highest BCUT2D eigenvalue weighted by molar-refractivity contribution is 5.95. The second-order valence-corrected chi connectivity index (χ2v) is 6.18. The maximum absolute atomic E-state index is 12.3. The van der Waals surface area contributed by atoms with Crippen LogP contribution in [-0.2, 0) is 11.4 Å². The zero-order valence-corrected chi connectivity index (χ0v) is 14.2. The smallest absolute Gasteiger partial charge is 0.287 e. The first-order valence-electron chi connectivity index (χ1n) is 8.48. The van der Waals surface area contributed by atoms with Crippen molar-refractivity contribution in [3.05, 3.63) is 53.5 Å². The van der Waals surface area contributed by atoms with Crippen LogP contribution in [-0.4, -0.2) is 24.4 Å². The molecule has 1 aliphatic heterocycles. The summed E-state index contributed by atoms with van der Waals surface area (Å²) in [6, 6.07) is 10.5. The van der Waals surface area contributed by atoms with Crippen LogP contribution >= 0.6 is 0 Å². The fourth-order valence-electron chi connectivity index (χ4n) is 2.67. The molecule has 1 aromatic heterocycles. The van der Waals surface area contributed by atoms with Crippen molar-refractivity contribution in [2.75, 3.05) is 6.54 Å². The summed E-state index contributed by atoms with van der Waals surface area (Å²) < 4.78 is 11.2. The van der Waals surface area contributed by atoms with Gasteiger partial charge in [0.25, 0.3) is 5.91 Å². The van der Waals surface area contributed by atoms with E-state index in [1.165, 1.54) is 0 Å². The minimum atomic E-state index is -0.507. The number of aryl methyl sites for hydroxylation is 1. The third-order valence-electron chi connectivity index (χ3n) is 4.13. The quantitative estimate of drug-likeness (QED) is 0.875. The molecule has 2 N–H and O–H groups in total. The first-order chi connectivity index (χ1) is 12.1. The Hall–Kier alpha value is -2.76.